The Labute approximate surface area is 176 Å². The van der Waals surface area contributed by atoms with Crippen LogP contribution in [0.1, 0.15) is 33.1 Å². The SMILES string of the molecule is CC(=O)NCCCO[C@H]1C2OC[C@@H](OCCC[C@]3(C)O[C@H](CO)[C@@H]2[C@H](O)[C@H]3O)[C@@H]1O. The Morgan fingerprint density at radius 3 is 2.70 bits per heavy atom. The number of ether oxygens (including phenoxy) is 4. The van der Waals surface area contributed by atoms with Crippen LogP contribution in [0.15, 0.2) is 0 Å². The maximum atomic E-state index is 11.0. The van der Waals surface area contributed by atoms with Gasteiger partial charge in [0.05, 0.1) is 37.1 Å². The lowest BCUT2D eigenvalue weighted by atomic mass is 9.74. The van der Waals surface area contributed by atoms with Crippen molar-refractivity contribution >= 4 is 5.91 Å². The number of amides is 1. The third-order valence-electron chi connectivity index (χ3n) is 6.40. The lowest BCUT2D eigenvalue weighted by Crippen LogP contribution is -2.68. The molecule has 1 unspecified atom stereocenters. The standard InChI is InChI=1S/C20H35NO9/c1-11(23)21-6-4-8-28-18-15(24)13-10-29-17(18)14-12(9-22)30-20(2,5-3-7-27-13)19(26)16(14)25/h12-19,22,24-26H,3-10H2,1-2H3,(H,21,23)/t12-,13-,14-,15+,16+,17?,18-,19-,20+/m1/s1. The van der Waals surface area contributed by atoms with Gasteiger partial charge in [-0.1, -0.05) is 0 Å². The Morgan fingerprint density at radius 1 is 1.23 bits per heavy atom. The van der Waals surface area contributed by atoms with Crippen molar-refractivity contribution in [2.75, 3.05) is 33.0 Å². The van der Waals surface area contributed by atoms with Crippen LogP contribution in [0.5, 0.6) is 0 Å². The molecule has 10 nitrogen and oxygen atoms in total. The van der Waals surface area contributed by atoms with E-state index >= 15 is 0 Å². The Balaban J connectivity index is 1.81. The molecular formula is C20H35NO9. The van der Waals surface area contributed by atoms with E-state index in [0.717, 1.165) is 0 Å². The van der Waals surface area contributed by atoms with Gasteiger partial charge in [-0.25, -0.2) is 0 Å². The second-order valence-electron chi connectivity index (χ2n) is 8.64. The van der Waals surface area contributed by atoms with Crippen LogP contribution in [0.25, 0.3) is 0 Å². The minimum atomic E-state index is -1.22. The molecule has 1 amide bonds. The topological polar surface area (TPSA) is 147 Å². The monoisotopic (exact) mass is 433 g/mol. The summed E-state index contributed by atoms with van der Waals surface area (Å²) in [5, 5.41) is 45.4. The number of nitrogens with one attached hydrogen (secondary N) is 1. The second-order valence-corrected chi connectivity index (χ2v) is 8.64. The highest BCUT2D eigenvalue weighted by molar-refractivity contribution is 5.72. The Bertz CT molecular complexity index is 576. The highest BCUT2D eigenvalue weighted by atomic mass is 16.6. The number of hydrogen-bond donors (Lipinski definition) is 5. The molecular weight excluding hydrogens is 398 g/mol. The van der Waals surface area contributed by atoms with Gasteiger partial charge in [-0.3, -0.25) is 4.79 Å². The lowest BCUT2D eigenvalue weighted by molar-refractivity contribution is -0.305. The van der Waals surface area contributed by atoms with Gasteiger partial charge in [0.2, 0.25) is 5.91 Å². The van der Waals surface area contributed by atoms with Gasteiger partial charge in [-0.2, -0.15) is 0 Å². The van der Waals surface area contributed by atoms with Crippen molar-refractivity contribution in [2.24, 2.45) is 5.92 Å². The lowest BCUT2D eigenvalue weighted by Gasteiger charge is -2.53. The molecule has 30 heavy (non-hydrogen) atoms. The van der Waals surface area contributed by atoms with Crippen LogP contribution in [0, 0.1) is 5.92 Å². The third kappa shape index (κ3) is 4.97. The van der Waals surface area contributed by atoms with Crippen molar-refractivity contribution in [1.29, 1.82) is 0 Å². The summed E-state index contributed by atoms with van der Waals surface area (Å²) in [5.74, 6) is -0.935. The molecule has 9 atom stereocenters. The van der Waals surface area contributed by atoms with E-state index in [-0.39, 0.29) is 25.7 Å². The van der Waals surface area contributed by atoms with Gasteiger partial charge >= 0.3 is 0 Å². The minimum absolute atomic E-state index is 0.103. The first-order chi connectivity index (χ1) is 14.3. The summed E-state index contributed by atoms with van der Waals surface area (Å²) in [6, 6.07) is 0. The van der Waals surface area contributed by atoms with Crippen LogP contribution in [0.3, 0.4) is 0 Å². The van der Waals surface area contributed by atoms with E-state index in [1.165, 1.54) is 6.92 Å². The Hall–Kier alpha value is -0.850. The predicted molar refractivity (Wildman–Crippen MR) is 104 cm³/mol. The zero-order chi connectivity index (χ0) is 21.9. The Morgan fingerprint density at radius 2 is 2.00 bits per heavy atom. The van der Waals surface area contributed by atoms with Gasteiger partial charge in [0.1, 0.15) is 24.4 Å². The summed E-state index contributed by atoms with van der Waals surface area (Å²) in [7, 11) is 0. The van der Waals surface area contributed by atoms with Crippen molar-refractivity contribution < 1.29 is 44.2 Å². The molecule has 6 aliphatic rings. The van der Waals surface area contributed by atoms with E-state index < -0.39 is 54.2 Å². The highest BCUT2D eigenvalue weighted by Crippen LogP contribution is 2.41. The first-order valence-corrected chi connectivity index (χ1v) is 10.7. The van der Waals surface area contributed by atoms with E-state index in [1.54, 1.807) is 6.92 Å². The molecule has 5 N–H and O–H groups in total. The zero-order valence-electron chi connectivity index (χ0n) is 17.6. The second kappa shape index (κ2) is 10.2. The smallest absolute Gasteiger partial charge is 0.216 e. The molecule has 4 bridgehead atoms. The van der Waals surface area contributed by atoms with E-state index in [9.17, 15) is 25.2 Å². The van der Waals surface area contributed by atoms with Crippen molar-refractivity contribution in [3.63, 3.8) is 0 Å². The van der Waals surface area contributed by atoms with Crippen LogP contribution in [0.4, 0.5) is 0 Å². The van der Waals surface area contributed by atoms with Gasteiger partial charge in [-0.15, -0.1) is 0 Å². The number of hydrogen-bond acceptors (Lipinski definition) is 9. The molecule has 6 rings (SSSR count). The van der Waals surface area contributed by atoms with Crippen LogP contribution in [0.2, 0.25) is 0 Å². The van der Waals surface area contributed by atoms with Crippen LogP contribution in [-0.2, 0) is 23.7 Å². The van der Waals surface area contributed by atoms with E-state index in [1.807, 2.05) is 0 Å². The highest BCUT2D eigenvalue weighted by Gasteiger charge is 2.57. The first-order valence-electron chi connectivity index (χ1n) is 10.7. The number of carbonyl (C=O) groups excluding carboxylic acids is 1. The third-order valence-corrected chi connectivity index (χ3v) is 6.40. The van der Waals surface area contributed by atoms with E-state index in [0.29, 0.717) is 32.4 Å². The largest absolute Gasteiger partial charge is 0.394 e. The molecule has 10 heteroatoms. The fraction of sp³-hybridized carbons (Fsp3) is 0.950. The molecule has 0 aromatic rings. The van der Waals surface area contributed by atoms with Crippen molar-refractivity contribution in [1.82, 2.24) is 5.32 Å². The van der Waals surface area contributed by atoms with Gasteiger partial charge in [-0.05, 0) is 26.2 Å². The van der Waals surface area contributed by atoms with Gasteiger partial charge in [0.15, 0.2) is 0 Å². The molecule has 0 aromatic carbocycles. The molecule has 0 saturated carbocycles. The molecule has 6 fully saturated rings. The van der Waals surface area contributed by atoms with Crippen molar-refractivity contribution in [3.8, 4) is 0 Å². The molecule has 0 radical (unpaired) electrons. The average molecular weight is 433 g/mol. The molecule has 6 aliphatic heterocycles. The molecule has 174 valence electrons. The summed E-state index contributed by atoms with van der Waals surface area (Å²) in [6.45, 7) is 3.87. The minimum Gasteiger partial charge on any atom is -0.394 e. The zero-order valence-corrected chi connectivity index (χ0v) is 17.6. The van der Waals surface area contributed by atoms with Gasteiger partial charge in [0, 0.05) is 32.6 Å². The predicted octanol–water partition coefficient (Wildman–Crippen LogP) is -1.68. The summed E-state index contributed by atoms with van der Waals surface area (Å²) in [4.78, 5) is 11.0. The number of carbonyl (C=O) groups is 1. The number of aliphatic hydroxyl groups is 4. The van der Waals surface area contributed by atoms with E-state index in [2.05, 4.69) is 5.32 Å². The van der Waals surface area contributed by atoms with Crippen LogP contribution < -0.4 is 5.32 Å². The van der Waals surface area contributed by atoms with Gasteiger partial charge in [0.25, 0.3) is 0 Å². The molecule has 0 aliphatic carbocycles. The van der Waals surface area contributed by atoms with E-state index in [4.69, 9.17) is 18.9 Å². The quantitative estimate of drug-likeness (QED) is 0.310. The summed E-state index contributed by atoms with van der Waals surface area (Å²) in [5.41, 5.74) is -1.03. The summed E-state index contributed by atoms with van der Waals surface area (Å²) < 4.78 is 23.8. The van der Waals surface area contributed by atoms with Crippen molar-refractivity contribution in [3.05, 3.63) is 0 Å². The molecule has 0 aromatic heterocycles. The number of aliphatic hydroxyl groups excluding tert-OH is 4. The summed E-state index contributed by atoms with van der Waals surface area (Å²) >= 11 is 0. The van der Waals surface area contributed by atoms with Crippen LogP contribution in [-0.4, -0.2) is 108 Å². The average Bonchev–Trinajstić information content (AvgIpc) is 2.70. The molecule has 6 saturated heterocycles. The maximum absolute atomic E-state index is 11.0. The molecule has 0 spiro atoms. The van der Waals surface area contributed by atoms with Crippen molar-refractivity contribution in [2.45, 2.75) is 81.4 Å². The maximum Gasteiger partial charge on any atom is 0.216 e. The fourth-order valence-electron chi connectivity index (χ4n) is 4.75. The summed E-state index contributed by atoms with van der Waals surface area (Å²) in [6.07, 6.45) is -4.96. The Kier molecular flexibility index (Phi) is 8.08. The molecule has 6 heterocycles. The van der Waals surface area contributed by atoms with Gasteiger partial charge < -0.3 is 44.7 Å². The van der Waals surface area contributed by atoms with Crippen LogP contribution >= 0.6 is 0 Å². The fourth-order valence-corrected chi connectivity index (χ4v) is 4.75. The number of rotatable bonds is 6. The first kappa shape index (κ1) is 23.8. The normalized spacial score (nSPS) is 44.3.